The molecular weight excluding hydrogens is 337 g/mol. The molecule has 0 aliphatic carbocycles. The Bertz CT molecular complexity index is 981. The molecule has 0 unspecified atom stereocenters. The topological polar surface area (TPSA) is 22.0 Å². The molecular formula is C19H13NOSe. The number of benzene rings is 3. The molecule has 0 spiro atoms. The second-order valence-electron chi connectivity index (χ2n) is 5.10. The molecule has 0 aliphatic heterocycles. The number of nitrogens with zero attached hydrogens (tertiary/aromatic N) is 1. The van der Waals surface area contributed by atoms with Gasteiger partial charge in [-0.05, 0) is 0 Å². The normalized spacial score (nSPS) is 10.9. The van der Waals surface area contributed by atoms with Crippen LogP contribution in [0.15, 0.2) is 83.7 Å². The molecule has 0 radical (unpaired) electrons. The van der Waals surface area contributed by atoms with E-state index >= 15 is 0 Å². The molecule has 0 saturated carbocycles. The summed E-state index contributed by atoms with van der Waals surface area (Å²) in [5.41, 5.74) is 3.44. The SMILES string of the molecule is O=c1c2ccccc2[se]n1-c1ccc(-c2ccccc2)cc1. The van der Waals surface area contributed by atoms with E-state index in [1.54, 1.807) is 0 Å². The summed E-state index contributed by atoms with van der Waals surface area (Å²) >= 11 is 0.0297. The molecule has 2 nitrogen and oxygen atoms in total. The van der Waals surface area contributed by atoms with Crippen molar-refractivity contribution in [1.29, 1.82) is 0 Å². The van der Waals surface area contributed by atoms with Crippen molar-refractivity contribution in [2.45, 2.75) is 0 Å². The molecule has 4 rings (SSSR count). The fourth-order valence-corrected chi connectivity index (χ4v) is 4.66. The summed E-state index contributed by atoms with van der Waals surface area (Å²) in [4.78, 5) is 12.5. The van der Waals surface area contributed by atoms with Crippen molar-refractivity contribution < 1.29 is 0 Å². The third-order valence-corrected chi connectivity index (χ3v) is 6.03. The van der Waals surface area contributed by atoms with Gasteiger partial charge in [0.2, 0.25) is 0 Å². The molecule has 0 saturated heterocycles. The number of hydrogen-bond acceptors (Lipinski definition) is 1. The van der Waals surface area contributed by atoms with Crippen LogP contribution in [0.3, 0.4) is 0 Å². The fraction of sp³-hybridized carbons (Fsp3) is 0. The Balaban J connectivity index is 1.80. The summed E-state index contributed by atoms with van der Waals surface area (Å²) in [5.74, 6) is 0. The van der Waals surface area contributed by atoms with Crippen LogP contribution in [0.1, 0.15) is 0 Å². The van der Waals surface area contributed by atoms with Crippen LogP contribution in [0.4, 0.5) is 0 Å². The maximum absolute atomic E-state index is 12.5. The second-order valence-corrected chi connectivity index (χ2v) is 7.17. The Labute approximate surface area is 134 Å². The summed E-state index contributed by atoms with van der Waals surface area (Å²) in [6.45, 7) is 0. The fourth-order valence-electron chi connectivity index (χ4n) is 2.56. The van der Waals surface area contributed by atoms with Crippen LogP contribution < -0.4 is 5.56 Å². The Hall–Kier alpha value is -2.35. The van der Waals surface area contributed by atoms with E-state index in [0.29, 0.717) is 0 Å². The van der Waals surface area contributed by atoms with E-state index in [1.807, 2.05) is 58.2 Å². The quantitative estimate of drug-likeness (QED) is 0.505. The summed E-state index contributed by atoms with van der Waals surface area (Å²) in [6, 6.07) is 26.4. The van der Waals surface area contributed by atoms with Gasteiger partial charge in [0.1, 0.15) is 0 Å². The summed E-state index contributed by atoms with van der Waals surface area (Å²) < 4.78 is 3.05. The van der Waals surface area contributed by atoms with Gasteiger partial charge in [0.25, 0.3) is 0 Å². The van der Waals surface area contributed by atoms with E-state index in [0.717, 1.165) is 15.3 Å². The van der Waals surface area contributed by atoms with Gasteiger partial charge in [-0.25, -0.2) is 0 Å². The Morgan fingerprint density at radius 2 is 1.32 bits per heavy atom. The van der Waals surface area contributed by atoms with Crippen molar-refractivity contribution in [1.82, 2.24) is 3.56 Å². The van der Waals surface area contributed by atoms with Crippen LogP contribution in [0.25, 0.3) is 26.5 Å². The Morgan fingerprint density at radius 1 is 0.682 bits per heavy atom. The average molecular weight is 350 g/mol. The molecule has 1 heterocycles. The van der Waals surface area contributed by atoms with Crippen LogP contribution in [0, 0.1) is 0 Å². The number of rotatable bonds is 2. The predicted molar refractivity (Wildman–Crippen MR) is 91.9 cm³/mol. The first-order valence-corrected chi connectivity index (χ1v) is 8.72. The molecule has 0 atom stereocenters. The molecule has 4 aromatic rings. The van der Waals surface area contributed by atoms with Gasteiger partial charge in [0.15, 0.2) is 0 Å². The first-order chi connectivity index (χ1) is 10.8. The van der Waals surface area contributed by atoms with E-state index in [9.17, 15) is 4.79 Å². The van der Waals surface area contributed by atoms with Gasteiger partial charge in [-0.15, -0.1) is 0 Å². The minimum atomic E-state index is 0.0297. The van der Waals surface area contributed by atoms with Crippen molar-refractivity contribution in [3.05, 3.63) is 89.2 Å². The Morgan fingerprint density at radius 3 is 2.05 bits per heavy atom. The zero-order chi connectivity index (χ0) is 14.9. The zero-order valence-corrected chi connectivity index (χ0v) is 13.5. The summed E-state index contributed by atoms with van der Waals surface area (Å²) in [5, 5.41) is 0.842. The Kier molecular flexibility index (Phi) is 3.30. The van der Waals surface area contributed by atoms with Crippen molar-refractivity contribution in [3.63, 3.8) is 0 Å². The minimum absolute atomic E-state index is 0.0297. The second kappa shape index (κ2) is 5.45. The van der Waals surface area contributed by atoms with Gasteiger partial charge in [-0.3, -0.25) is 0 Å². The molecule has 0 N–H and O–H groups in total. The summed E-state index contributed by atoms with van der Waals surface area (Å²) in [7, 11) is 0. The van der Waals surface area contributed by atoms with Crippen molar-refractivity contribution in [2.75, 3.05) is 0 Å². The average Bonchev–Trinajstić information content (AvgIpc) is 2.93. The first kappa shape index (κ1) is 13.3. The molecule has 0 aliphatic rings. The molecule has 0 bridgehead atoms. The van der Waals surface area contributed by atoms with Crippen molar-refractivity contribution >= 4 is 24.4 Å². The monoisotopic (exact) mass is 351 g/mol. The van der Waals surface area contributed by atoms with Gasteiger partial charge in [-0.1, -0.05) is 0 Å². The van der Waals surface area contributed by atoms with Gasteiger partial charge in [0, 0.05) is 0 Å². The molecule has 3 heteroatoms. The third-order valence-electron chi connectivity index (χ3n) is 3.70. The standard InChI is InChI=1S/C19H13NOSe/c21-19-17-8-4-5-9-18(17)22-20(19)16-12-10-15(11-13-16)14-6-2-1-3-7-14/h1-13H. The maximum atomic E-state index is 12.5. The van der Waals surface area contributed by atoms with E-state index in [-0.39, 0.29) is 20.3 Å². The van der Waals surface area contributed by atoms with E-state index in [2.05, 4.69) is 24.3 Å². The van der Waals surface area contributed by atoms with Gasteiger partial charge < -0.3 is 0 Å². The molecule has 0 amide bonds. The summed E-state index contributed by atoms with van der Waals surface area (Å²) in [6.07, 6.45) is 0. The zero-order valence-electron chi connectivity index (χ0n) is 11.8. The van der Waals surface area contributed by atoms with Crippen LogP contribution >= 0.6 is 0 Å². The number of hydrogen-bond donors (Lipinski definition) is 0. The van der Waals surface area contributed by atoms with Crippen molar-refractivity contribution in [3.8, 4) is 16.8 Å². The van der Waals surface area contributed by atoms with E-state index in [4.69, 9.17) is 0 Å². The van der Waals surface area contributed by atoms with E-state index in [1.165, 1.54) is 11.1 Å². The van der Waals surface area contributed by atoms with Crippen LogP contribution in [-0.4, -0.2) is 18.3 Å². The van der Waals surface area contributed by atoms with Gasteiger partial charge in [0.05, 0.1) is 0 Å². The molecule has 3 aromatic carbocycles. The van der Waals surface area contributed by atoms with Gasteiger partial charge >= 0.3 is 134 Å². The molecule has 106 valence electrons. The van der Waals surface area contributed by atoms with Gasteiger partial charge in [-0.2, -0.15) is 0 Å². The van der Waals surface area contributed by atoms with Crippen LogP contribution in [0.5, 0.6) is 0 Å². The van der Waals surface area contributed by atoms with Crippen LogP contribution in [-0.2, 0) is 0 Å². The molecule has 0 fully saturated rings. The third kappa shape index (κ3) is 2.25. The van der Waals surface area contributed by atoms with Crippen molar-refractivity contribution in [2.24, 2.45) is 0 Å². The van der Waals surface area contributed by atoms with Crippen LogP contribution in [0.2, 0.25) is 0 Å². The van der Waals surface area contributed by atoms with E-state index < -0.39 is 0 Å². The number of fused-ring (bicyclic) bond motifs is 1. The first-order valence-electron chi connectivity index (χ1n) is 7.10. The number of aromatic nitrogens is 1. The molecule has 1 aromatic heterocycles. The predicted octanol–water partition coefficient (Wildman–Crippen LogP) is 3.71. The molecule has 22 heavy (non-hydrogen) atoms.